The molecule has 2 heteroatoms. The van der Waals surface area contributed by atoms with E-state index in [-0.39, 0.29) is 0 Å². The van der Waals surface area contributed by atoms with Crippen molar-refractivity contribution in [1.82, 2.24) is 10.2 Å². The molecule has 0 bridgehead atoms. The van der Waals surface area contributed by atoms with Crippen molar-refractivity contribution in [3.8, 4) is 0 Å². The fourth-order valence-corrected chi connectivity index (χ4v) is 3.09. The van der Waals surface area contributed by atoms with E-state index in [1.165, 1.54) is 44.5 Å². The highest BCUT2D eigenvalue weighted by molar-refractivity contribution is 5.18. The van der Waals surface area contributed by atoms with Crippen LogP contribution in [0.5, 0.6) is 0 Å². The predicted molar refractivity (Wildman–Crippen MR) is 87.2 cm³/mol. The summed E-state index contributed by atoms with van der Waals surface area (Å²) in [6, 6.07) is 10.8. The minimum absolute atomic E-state index is 0.596. The molecule has 112 valence electrons. The molecule has 1 aliphatic rings. The summed E-state index contributed by atoms with van der Waals surface area (Å²) in [5.41, 5.74) is 1.43. The van der Waals surface area contributed by atoms with Gasteiger partial charge in [-0.25, -0.2) is 0 Å². The molecule has 2 atom stereocenters. The zero-order chi connectivity index (χ0) is 14.2. The molecule has 1 fully saturated rings. The molecule has 20 heavy (non-hydrogen) atoms. The van der Waals surface area contributed by atoms with Crippen molar-refractivity contribution in [3.63, 3.8) is 0 Å². The van der Waals surface area contributed by atoms with Gasteiger partial charge in [0.2, 0.25) is 0 Å². The van der Waals surface area contributed by atoms with E-state index in [2.05, 4.69) is 54.4 Å². The van der Waals surface area contributed by atoms with Crippen LogP contribution in [0.1, 0.15) is 44.6 Å². The van der Waals surface area contributed by atoms with Crippen LogP contribution in [-0.4, -0.2) is 37.6 Å². The summed E-state index contributed by atoms with van der Waals surface area (Å²) in [6.45, 7) is 10.8. The Hall–Kier alpha value is -0.860. The van der Waals surface area contributed by atoms with Gasteiger partial charge in [-0.2, -0.15) is 0 Å². The molecule has 0 aliphatic carbocycles. The number of nitrogens with zero attached hydrogens (tertiary/aromatic N) is 1. The molecule has 2 rings (SSSR count). The molecule has 1 N–H and O–H groups in total. The summed E-state index contributed by atoms with van der Waals surface area (Å²) in [5.74, 6) is 1.34. The number of hydrogen-bond donors (Lipinski definition) is 1. The highest BCUT2D eigenvalue weighted by Crippen LogP contribution is 2.14. The predicted octanol–water partition coefficient (Wildman–Crippen LogP) is 3.50. The van der Waals surface area contributed by atoms with Crippen LogP contribution in [0.25, 0.3) is 0 Å². The van der Waals surface area contributed by atoms with E-state index in [0.717, 1.165) is 19.0 Å². The summed E-state index contributed by atoms with van der Waals surface area (Å²) in [4.78, 5) is 2.64. The Kier molecular flexibility index (Phi) is 6.55. The van der Waals surface area contributed by atoms with Gasteiger partial charge in [0.05, 0.1) is 0 Å². The molecule has 0 saturated carbocycles. The first-order valence-electron chi connectivity index (χ1n) is 8.23. The van der Waals surface area contributed by atoms with E-state index in [0.29, 0.717) is 5.92 Å². The van der Waals surface area contributed by atoms with Gasteiger partial charge in [0.1, 0.15) is 0 Å². The SMILES string of the molecule is CC(CNCC(C)c1ccccc1)CN1CCCCC1. The molecular weight excluding hydrogens is 244 g/mol. The molecular formula is C18H30N2. The van der Waals surface area contributed by atoms with Crippen LogP contribution in [0.4, 0.5) is 0 Å². The first-order valence-corrected chi connectivity index (χ1v) is 8.23. The summed E-state index contributed by atoms with van der Waals surface area (Å²) >= 11 is 0. The van der Waals surface area contributed by atoms with Gasteiger partial charge in [-0.1, -0.05) is 50.6 Å². The number of rotatable bonds is 7. The largest absolute Gasteiger partial charge is 0.316 e. The Balaban J connectivity index is 1.62. The molecule has 0 aromatic heterocycles. The van der Waals surface area contributed by atoms with Gasteiger partial charge in [0.15, 0.2) is 0 Å². The zero-order valence-electron chi connectivity index (χ0n) is 13.1. The monoisotopic (exact) mass is 274 g/mol. The van der Waals surface area contributed by atoms with Crippen molar-refractivity contribution in [2.45, 2.75) is 39.0 Å². The van der Waals surface area contributed by atoms with Gasteiger partial charge >= 0.3 is 0 Å². The highest BCUT2D eigenvalue weighted by atomic mass is 15.1. The summed E-state index contributed by atoms with van der Waals surface area (Å²) in [6.07, 6.45) is 4.22. The maximum absolute atomic E-state index is 3.65. The third-order valence-corrected chi connectivity index (χ3v) is 4.33. The second-order valence-electron chi connectivity index (χ2n) is 6.44. The molecule has 2 nitrogen and oxygen atoms in total. The van der Waals surface area contributed by atoms with Crippen LogP contribution in [0.2, 0.25) is 0 Å². The van der Waals surface area contributed by atoms with E-state index >= 15 is 0 Å². The van der Waals surface area contributed by atoms with Crippen molar-refractivity contribution in [2.75, 3.05) is 32.7 Å². The molecule has 1 aliphatic heterocycles. The maximum Gasteiger partial charge on any atom is 0.00191 e. The van der Waals surface area contributed by atoms with Gasteiger partial charge < -0.3 is 10.2 Å². The first kappa shape index (κ1) is 15.5. The third kappa shape index (κ3) is 5.26. The summed E-state index contributed by atoms with van der Waals surface area (Å²) < 4.78 is 0. The number of likely N-dealkylation sites (tertiary alicyclic amines) is 1. The Morgan fingerprint density at radius 3 is 2.40 bits per heavy atom. The number of hydrogen-bond acceptors (Lipinski definition) is 2. The van der Waals surface area contributed by atoms with Gasteiger partial charge in [0, 0.05) is 13.1 Å². The van der Waals surface area contributed by atoms with Crippen LogP contribution in [0, 0.1) is 5.92 Å². The minimum atomic E-state index is 0.596. The second-order valence-corrected chi connectivity index (χ2v) is 6.44. The molecule has 1 aromatic carbocycles. The zero-order valence-corrected chi connectivity index (χ0v) is 13.1. The van der Waals surface area contributed by atoms with Crippen molar-refractivity contribution in [2.24, 2.45) is 5.92 Å². The van der Waals surface area contributed by atoms with Crippen molar-refractivity contribution in [1.29, 1.82) is 0 Å². The Morgan fingerprint density at radius 1 is 1.00 bits per heavy atom. The van der Waals surface area contributed by atoms with Crippen LogP contribution in [0.3, 0.4) is 0 Å². The second kappa shape index (κ2) is 8.43. The quantitative estimate of drug-likeness (QED) is 0.818. The third-order valence-electron chi connectivity index (χ3n) is 4.33. The molecule has 0 amide bonds. The Labute approximate surface area is 124 Å². The smallest absolute Gasteiger partial charge is 0.00191 e. The van der Waals surface area contributed by atoms with E-state index in [9.17, 15) is 0 Å². The molecule has 0 radical (unpaired) electrons. The normalized spacial score (nSPS) is 19.7. The average molecular weight is 274 g/mol. The number of piperidine rings is 1. The lowest BCUT2D eigenvalue weighted by atomic mass is 10.0. The van der Waals surface area contributed by atoms with E-state index in [4.69, 9.17) is 0 Å². The van der Waals surface area contributed by atoms with Gasteiger partial charge in [-0.3, -0.25) is 0 Å². The summed E-state index contributed by atoms with van der Waals surface area (Å²) in [7, 11) is 0. The van der Waals surface area contributed by atoms with Crippen LogP contribution in [-0.2, 0) is 0 Å². The van der Waals surface area contributed by atoms with Crippen LogP contribution < -0.4 is 5.32 Å². The lowest BCUT2D eigenvalue weighted by molar-refractivity contribution is 0.199. The van der Waals surface area contributed by atoms with E-state index in [1.807, 2.05) is 0 Å². The molecule has 0 spiro atoms. The van der Waals surface area contributed by atoms with E-state index < -0.39 is 0 Å². The van der Waals surface area contributed by atoms with Crippen molar-refractivity contribution >= 4 is 0 Å². The fourth-order valence-electron chi connectivity index (χ4n) is 3.09. The van der Waals surface area contributed by atoms with Crippen LogP contribution in [0.15, 0.2) is 30.3 Å². The topological polar surface area (TPSA) is 15.3 Å². The molecule has 1 saturated heterocycles. The Morgan fingerprint density at radius 2 is 1.70 bits per heavy atom. The summed E-state index contributed by atoms with van der Waals surface area (Å²) in [5, 5.41) is 3.65. The standard InChI is InChI=1S/C18H30N2/c1-16(15-20-11-7-4-8-12-20)13-19-14-17(2)18-9-5-3-6-10-18/h3,5-6,9-10,16-17,19H,4,7-8,11-15H2,1-2H3. The van der Waals surface area contributed by atoms with E-state index in [1.54, 1.807) is 0 Å². The van der Waals surface area contributed by atoms with Gasteiger partial charge in [-0.05, 0) is 49.9 Å². The maximum atomic E-state index is 3.65. The first-order chi connectivity index (χ1) is 9.75. The average Bonchev–Trinajstić information content (AvgIpc) is 2.49. The van der Waals surface area contributed by atoms with Crippen molar-refractivity contribution < 1.29 is 0 Å². The molecule has 2 unspecified atom stereocenters. The van der Waals surface area contributed by atoms with Crippen LogP contribution >= 0.6 is 0 Å². The Bertz CT molecular complexity index is 357. The minimum Gasteiger partial charge on any atom is -0.316 e. The van der Waals surface area contributed by atoms with Gasteiger partial charge in [-0.15, -0.1) is 0 Å². The highest BCUT2D eigenvalue weighted by Gasteiger charge is 2.13. The number of nitrogens with one attached hydrogen (secondary N) is 1. The van der Waals surface area contributed by atoms with Gasteiger partial charge in [0.25, 0.3) is 0 Å². The van der Waals surface area contributed by atoms with Crippen molar-refractivity contribution in [3.05, 3.63) is 35.9 Å². The lowest BCUT2D eigenvalue weighted by Crippen LogP contribution is -2.37. The fraction of sp³-hybridized carbons (Fsp3) is 0.667. The lowest BCUT2D eigenvalue weighted by Gasteiger charge is -2.29. The molecule has 1 heterocycles. The molecule has 1 aromatic rings. The number of benzene rings is 1.